The van der Waals surface area contributed by atoms with Gasteiger partial charge in [0, 0.05) is 65.9 Å². The highest BCUT2D eigenvalue weighted by molar-refractivity contribution is 7.89. The lowest BCUT2D eigenvalue weighted by Gasteiger charge is -2.39. The van der Waals surface area contributed by atoms with Crippen molar-refractivity contribution in [2.24, 2.45) is 5.14 Å². The Morgan fingerprint density at radius 3 is 2.42 bits per heavy atom. The molecule has 0 spiro atoms. The molecule has 1 aliphatic heterocycles. The van der Waals surface area contributed by atoms with E-state index in [2.05, 4.69) is 19.9 Å². The quantitative estimate of drug-likeness (QED) is 0.348. The molecule has 0 radical (unpaired) electrons. The van der Waals surface area contributed by atoms with E-state index in [1.165, 1.54) is 23.4 Å². The number of sulfonamides is 2. The zero-order valence-corrected chi connectivity index (χ0v) is 22.1. The molecule has 0 aliphatic carbocycles. The van der Waals surface area contributed by atoms with Crippen LogP contribution in [0.15, 0.2) is 66.2 Å². The molecule has 0 saturated carbocycles. The molecule has 1 unspecified atom stereocenters. The Bertz CT molecular complexity index is 1710. The average Bonchev–Trinajstić information content (AvgIpc) is 3.32. The zero-order valence-electron chi connectivity index (χ0n) is 19.7. The number of hydrogen-bond donors (Lipinski definition) is 2. The fourth-order valence-corrected chi connectivity index (χ4v) is 6.82. The molecule has 38 heavy (non-hydrogen) atoms. The minimum Gasteiger partial charge on any atom is -0.345 e. The van der Waals surface area contributed by atoms with Crippen molar-refractivity contribution in [3.63, 3.8) is 0 Å². The van der Waals surface area contributed by atoms with E-state index in [-0.39, 0.29) is 30.5 Å². The maximum absolute atomic E-state index is 13.4. The van der Waals surface area contributed by atoms with Crippen LogP contribution in [0.1, 0.15) is 10.6 Å². The second-order valence-corrected chi connectivity index (χ2v) is 12.7. The number of rotatable bonds is 6. The molecule has 15 heteroatoms. The summed E-state index contributed by atoms with van der Waals surface area (Å²) in [5, 5.41) is 6.29. The van der Waals surface area contributed by atoms with Gasteiger partial charge in [-0.2, -0.15) is 4.31 Å². The number of nitrogens with zero attached hydrogens (tertiary/aromatic N) is 5. The van der Waals surface area contributed by atoms with Crippen LogP contribution in [-0.2, 0) is 20.0 Å². The fourth-order valence-electron chi connectivity index (χ4n) is 4.34. The van der Waals surface area contributed by atoms with E-state index in [1.807, 2.05) is 0 Å². The molecule has 3 aromatic heterocycles. The van der Waals surface area contributed by atoms with E-state index in [9.17, 15) is 21.6 Å². The Kier molecular flexibility index (Phi) is 6.92. The van der Waals surface area contributed by atoms with Crippen molar-refractivity contribution >= 4 is 48.5 Å². The lowest BCUT2D eigenvalue weighted by molar-refractivity contribution is 0.0583. The van der Waals surface area contributed by atoms with E-state index in [1.54, 1.807) is 42.7 Å². The van der Waals surface area contributed by atoms with Crippen LogP contribution in [0.4, 0.5) is 0 Å². The number of nitrogens with one attached hydrogen (secondary N) is 1. The van der Waals surface area contributed by atoms with E-state index in [0.717, 1.165) is 9.87 Å². The second kappa shape index (κ2) is 10.0. The highest BCUT2D eigenvalue weighted by Gasteiger charge is 2.39. The normalized spacial score (nSPS) is 17.1. The topological polar surface area (TPSA) is 172 Å². The summed E-state index contributed by atoms with van der Waals surface area (Å²) in [6, 6.07) is 8.87. The number of nitrogens with two attached hydrogens (primary N) is 1. The summed E-state index contributed by atoms with van der Waals surface area (Å²) >= 11 is 6.01. The van der Waals surface area contributed by atoms with Crippen molar-refractivity contribution in [2.45, 2.75) is 11.1 Å². The first-order chi connectivity index (χ1) is 18.0. The van der Waals surface area contributed by atoms with Crippen molar-refractivity contribution in [1.82, 2.24) is 29.1 Å². The first-order valence-electron chi connectivity index (χ1n) is 11.3. The van der Waals surface area contributed by atoms with Crippen molar-refractivity contribution in [2.75, 3.05) is 25.4 Å². The molecule has 5 rings (SSSR count). The molecule has 1 saturated heterocycles. The predicted octanol–water partition coefficient (Wildman–Crippen LogP) is 1.48. The van der Waals surface area contributed by atoms with Crippen LogP contribution in [0, 0.1) is 0 Å². The molecule has 1 aromatic carbocycles. The number of fused-ring (bicyclic) bond motifs is 1. The molecule has 4 aromatic rings. The number of H-pyrrole nitrogens is 1. The summed E-state index contributed by atoms with van der Waals surface area (Å²) in [4.78, 5) is 29.7. The maximum atomic E-state index is 13.4. The highest BCUT2D eigenvalue weighted by atomic mass is 35.5. The minimum absolute atomic E-state index is 0.0690. The third kappa shape index (κ3) is 5.39. The fraction of sp³-hybridized carbons (Fsp3) is 0.217. The molecule has 198 valence electrons. The smallest absolute Gasteiger partial charge is 0.292 e. The Labute approximate surface area is 223 Å². The molecule has 12 nitrogen and oxygen atoms in total. The maximum Gasteiger partial charge on any atom is 0.292 e. The predicted molar refractivity (Wildman–Crippen MR) is 140 cm³/mol. The summed E-state index contributed by atoms with van der Waals surface area (Å²) in [7, 11) is -8.11. The summed E-state index contributed by atoms with van der Waals surface area (Å²) in [6.07, 6.45) is 6.19. The standard InChI is InChI=1S/C23H22ClN7O5S2/c24-18-1-2-20-16(9-18)10-21(29-20)38(35,36)30-7-8-31(19(13-30)14-37(25,33)34)23(32)22-27-11-17(12-28-22)15-3-5-26-6-4-15/h1-6,9-12,19,29H,7-8,13-14H2,(H2,25,33,34). The van der Waals surface area contributed by atoms with Crippen LogP contribution < -0.4 is 5.14 Å². The monoisotopic (exact) mass is 575 g/mol. The van der Waals surface area contributed by atoms with E-state index >= 15 is 0 Å². The van der Waals surface area contributed by atoms with Crippen molar-refractivity contribution in [3.05, 3.63) is 72.0 Å². The van der Waals surface area contributed by atoms with Crippen molar-refractivity contribution in [3.8, 4) is 11.1 Å². The van der Waals surface area contributed by atoms with Crippen LogP contribution in [0.2, 0.25) is 5.02 Å². The number of halogens is 1. The number of carbonyl (C=O) groups is 1. The Balaban J connectivity index is 1.40. The summed E-state index contributed by atoms with van der Waals surface area (Å²) in [5.74, 6) is -1.41. The summed E-state index contributed by atoms with van der Waals surface area (Å²) in [6.45, 7) is -0.435. The van der Waals surface area contributed by atoms with Gasteiger partial charge >= 0.3 is 0 Å². The number of carbonyl (C=O) groups excluding carboxylic acids is 1. The molecular weight excluding hydrogens is 554 g/mol. The van der Waals surface area contributed by atoms with E-state index in [0.29, 0.717) is 21.5 Å². The number of aromatic nitrogens is 4. The van der Waals surface area contributed by atoms with Gasteiger partial charge in [0.25, 0.3) is 15.9 Å². The zero-order chi connectivity index (χ0) is 27.1. The van der Waals surface area contributed by atoms with Crippen molar-refractivity contribution in [1.29, 1.82) is 0 Å². The van der Waals surface area contributed by atoms with Crippen LogP contribution in [0.3, 0.4) is 0 Å². The lowest BCUT2D eigenvalue weighted by Crippen LogP contribution is -2.59. The number of primary sulfonamides is 1. The molecule has 1 atom stereocenters. The van der Waals surface area contributed by atoms with Crippen molar-refractivity contribution < 1.29 is 21.6 Å². The van der Waals surface area contributed by atoms with Gasteiger partial charge < -0.3 is 9.88 Å². The van der Waals surface area contributed by atoms with Gasteiger partial charge in [0.1, 0.15) is 5.03 Å². The van der Waals surface area contributed by atoms with Gasteiger partial charge in [0.15, 0.2) is 0 Å². The molecule has 1 fully saturated rings. The average molecular weight is 576 g/mol. The molecule has 3 N–H and O–H groups in total. The van der Waals surface area contributed by atoms with Gasteiger partial charge in [-0.05, 0) is 42.0 Å². The van der Waals surface area contributed by atoms with Crippen LogP contribution in [-0.4, -0.2) is 83.3 Å². The Morgan fingerprint density at radius 1 is 1.03 bits per heavy atom. The van der Waals surface area contributed by atoms with Gasteiger partial charge in [0.05, 0.1) is 11.8 Å². The van der Waals surface area contributed by atoms with Gasteiger partial charge in [-0.25, -0.2) is 31.9 Å². The third-order valence-electron chi connectivity index (χ3n) is 6.16. The number of amides is 1. The van der Waals surface area contributed by atoms with E-state index in [4.69, 9.17) is 16.7 Å². The second-order valence-electron chi connectivity index (χ2n) is 8.74. The summed E-state index contributed by atoms with van der Waals surface area (Å²) in [5.41, 5.74) is 2.06. The van der Waals surface area contributed by atoms with Gasteiger partial charge in [-0.15, -0.1) is 0 Å². The SMILES string of the molecule is NS(=O)(=O)CC1CN(S(=O)(=O)c2cc3cc(Cl)ccc3[nH]2)CCN1C(=O)c1ncc(-c2ccncc2)cn1. The largest absolute Gasteiger partial charge is 0.345 e. The van der Waals surface area contributed by atoms with E-state index < -0.39 is 37.7 Å². The lowest BCUT2D eigenvalue weighted by atomic mass is 10.1. The first-order valence-corrected chi connectivity index (χ1v) is 14.9. The molecule has 1 aliphatic rings. The molecule has 4 heterocycles. The van der Waals surface area contributed by atoms with Gasteiger partial charge in [0.2, 0.25) is 15.8 Å². The number of hydrogen-bond acceptors (Lipinski definition) is 8. The number of benzene rings is 1. The molecular formula is C23H22ClN7O5S2. The van der Waals surface area contributed by atoms with Crippen LogP contribution in [0.5, 0.6) is 0 Å². The molecule has 1 amide bonds. The third-order valence-corrected chi connectivity index (χ3v) is 9.04. The van der Waals surface area contributed by atoms with Gasteiger partial charge in [-0.3, -0.25) is 9.78 Å². The van der Waals surface area contributed by atoms with Crippen LogP contribution in [0.25, 0.3) is 22.0 Å². The molecule has 0 bridgehead atoms. The minimum atomic E-state index is -4.06. The van der Waals surface area contributed by atoms with Crippen LogP contribution >= 0.6 is 11.6 Å². The number of piperazine rings is 1. The number of pyridine rings is 1. The number of aromatic amines is 1. The van der Waals surface area contributed by atoms with Gasteiger partial charge in [-0.1, -0.05) is 11.6 Å². The Morgan fingerprint density at radius 2 is 1.74 bits per heavy atom. The highest BCUT2D eigenvalue weighted by Crippen LogP contribution is 2.26. The Hall–Kier alpha value is -3.43. The first kappa shape index (κ1) is 26.2. The summed E-state index contributed by atoms with van der Waals surface area (Å²) < 4.78 is 52.0.